The summed E-state index contributed by atoms with van der Waals surface area (Å²) in [7, 11) is 0. The zero-order valence-electron chi connectivity index (χ0n) is 11.1. The third kappa shape index (κ3) is 5.38. The Kier molecular flexibility index (Phi) is 8.89. The van der Waals surface area contributed by atoms with E-state index < -0.39 is 0 Å². The van der Waals surface area contributed by atoms with Gasteiger partial charge in [-0.05, 0) is 30.6 Å². The molecule has 1 atom stereocenters. The van der Waals surface area contributed by atoms with Crippen LogP contribution in [0.5, 0.6) is 0 Å². The lowest BCUT2D eigenvalue weighted by Crippen LogP contribution is -2.24. The lowest BCUT2D eigenvalue weighted by atomic mass is 9.75. The fraction of sp³-hybridized carbons (Fsp3) is 1.00. The summed E-state index contributed by atoms with van der Waals surface area (Å²) in [5, 5.41) is 1.18. The van der Waals surface area contributed by atoms with Gasteiger partial charge in [0.2, 0.25) is 0 Å². The standard InChI is InChI=1S/C14H29Br/c1-5-9-10-13(6-2)11-14(7-3,8-4)12-15/h13H,5-12H2,1-4H3. The van der Waals surface area contributed by atoms with Gasteiger partial charge in [0.15, 0.2) is 0 Å². The zero-order valence-corrected chi connectivity index (χ0v) is 12.7. The van der Waals surface area contributed by atoms with Gasteiger partial charge in [-0.3, -0.25) is 0 Å². The lowest BCUT2D eigenvalue weighted by molar-refractivity contribution is 0.216. The number of alkyl halides is 1. The molecule has 0 aliphatic carbocycles. The minimum Gasteiger partial charge on any atom is -0.0922 e. The Balaban J connectivity index is 4.21. The van der Waals surface area contributed by atoms with Crippen LogP contribution in [0.4, 0.5) is 0 Å². The van der Waals surface area contributed by atoms with Crippen LogP contribution in [0.2, 0.25) is 0 Å². The molecule has 0 nitrogen and oxygen atoms in total. The van der Waals surface area contributed by atoms with Gasteiger partial charge in [-0.1, -0.05) is 69.3 Å². The van der Waals surface area contributed by atoms with Gasteiger partial charge in [0.25, 0.3) is 0 Å². The molecule has 0 rings (SSSR count). The summed E-state index contributed by atoms with van der Waals surface area (Å²) in [6.07, 6.45) is 9.59. The Labute approximate surface area is 105 Å². The third-order valence-corrected chi connectivity index (χ3v) is 5.24. The van der Waals surface area contributed by atoms with Crippen molar-refractivity contribution in [2.24, 2.45) is 11.3 Å². The number of hydrogen-bond acceptors (Lipinski definition) is 0. The fourth-order valence-corrected chi connectivity index (χ4v) is 3.36. The molecule has 0 saturated heterocycles. The van der Waals surface area contributed by atoms with E-state index in [9.17, 15) is 0 Å². The topological polar surface area (TPSA) is 0 Å². The second-order valence-corrected chi connectivity index (χ2v) is 5.52. The van der Waals surface area contributed by atoms with Crippen molar-refractivity contribution in [2.75, 3.05) is 5.33 Å². The maximum absolute atomic E-state index is 3.72. The molecule has 0 heterocycles. The van der Waals surface area contributed by atoms with Gasteiger partial charge in [-0.25, -0.2) is 0 Å². The van der Waals surface area contributed by atoms with Crippen molar-refractivity contribution in [2.45, 2.75) is 72.6 Å². The molecule has 0 amide bonds. The SMILES string of the molecule is CCCCC(CC)CC(CC)(CC)CBr. The molecule has 0 fully saturated rings. The Morgan fingerprint density at radius 1 is 1.07 bits per heavy atom. The molecule has 0 aliphatic rings. The van der Waals surface area contributed by atoms with Crippen molar-refractivity contribution in [1.82, 2.24) is 0 Å². The summed E-state index contributed by atoms with van der Waals surface area (Å²) in [4.78, 5) is 0. The second-order valence-electron chi connectivity index (χ2n) is 4.96. The maximum Gasteiger partial charge on any atom is 0.00878 e. The number of halogens is 1. The van der Waals surface area contributed by atoms with E-state index in [1.54, 1.807) is 0 Å². The monoisotopic (exact) mass is 276 g/mol. The first-order valence-electron chi connectivity index (χ1n) is 6.73. The van der Waals surface area contributed by atoms with Crippen molar-refractivity contribution in [3.8, 4) is 0 Å². The molecule has 0 radical (unpaired) electrons. The maximum atomic E-state index is 3.72. The first kappa shape index (κ1) is 15.5. The second kappa shape index (κ2) is 8.61. The molecule has 0 aromatic heterocycles. The zero-order chi connectivity index (χ0) is 11.7. The van der Waals surface area contributed by atoms with E-state index in [1.807, 2.05) is 0 Å². The average molecular weight is 277 g/mol. The average Bonchev–Trinajstić information content (AvgIpc) is 2.30. The summed E-state index contributed by atoms with van der Waals surface area (Å²) in [6.45, 7) is 9.34. The van der Waals surface area contributed by atoms with E-state index in [4.69, 9.17) is 0 Å². The molecule has 92 valence electrons. The highest BCUT2D eigenvalue weighted by Crippen LogP contribution is 2.38. The van der Waals surface area contributed by atoms with Gasteiger partial charge in [-0.15, -0.1) is 0 Å². The summed E-state index contributed by atoms with van der Waals surface area (Å²) in [5.74, 6) is 0.947. The molecule has 0 aliphatic heterocycles. The summed E-state index contributed by atoms with van der Waals surface area (Å²) < 4.78 is 0. The number of unbranched alkanes of at least 4 members (excludes halogenated alkanes) is 1. The summed E-state index contributed by atoms with van der Waals surface area (Å²) in [5.41, 5.74) is 0.564. The normalized spacial score (nSPS) is 14.2. The molecule has 0 saturated carbocycles. The summed E-state index contributed by atoms with van der Waals surface area (Å²) >= 11 is 3.72. The van der Waals surface area contributed by atoms with Gasteiger partial charge >= 0.3 is 0 Å². The van der Waals surface area contributed by atoms with Gasteiger partial charge < -0.3 is 0 Å². The van der Waals surface area contributed by atoms with Crippen LogP contribution in [0.25, 0.3) is 0 Å². The van der Waals surface area contributed by atoms with E-state index >= 15 is 0 Å². The van der Waals surface area contributed by atoms with Gasteiger partial charge in [0.05, 0.1) is 0 Å². The molecule has 15 heavy (non-hydrogen) atoms. The van der Waals surface area contributed by atoms with E-state index in [-0.39, 0.29) is 0 Å². The highest BCUT2D eigenvalue weighted by Gasteiger charge is 2.27. The lowest BCUT2D eigenvalue weighted by Gasteiger charge is -2.33. The number of hydrogen-bond donors (Lipinski definition) is 0. The van der Waals surface area contributed by atoms with Crippen LogP contribution in [0.3, 0.4) is 0 Å². The van der Waals surface area contributed by atoms with Crippen LogP contribution in [0, 0.1) is 11.3 Å². The number of rotatable bonds is 9. The highest BCUT2D eigenvalue weighted by molar-refractivity contribution is 9.09. The molecular weight excluding hydrogens is 248 g/mol. The Morgan fingerprint density at radius 3 is 2.00 bits per heavy atom. The van der Waals surface area contributed by atoms with Crippen molar-refractivity contribution in [1.29, 1.82) is 0 Å². The van der Waals surface area contributed by atoms with Crippen molar-refractivity contribution in [3.63, 3.8) is 0 Å². The first-order chi connectivity index (χ1) is 7.17. The molecule has 1 unspecified atom stereocenters. The van der Waals surface area contributed by atoms with Crippen LogP contribution in [0.1, 0.15) is 72.6 Å². The molecule has 0 spiro atoms. The predicted molar refractivity (Wildman–Crippen MR) is 74.7 cm³/mol. The van der Waals surface area contributed by atoms with Gasteiger partial charge in [0.1, 0.15) is 0 Å². The third-order valence-electron chi connectivity index (χ3n) is 4.05. The Hall–Kier alpha value is 0.480. The Morgan fingerprint density at radius 2 is 1.67 bits per heavy atom. The highest BCUT2D eigenvalue weighted by atomic mass is 79.9. The summed E-state index contributed by atoms with van der Waals surface area (Å²) in [6, 6.07) is 0. The van der Waals surface area contributed by atoms with Crippen LogP contribution in [-0.4, -0.2) is 5.33 Å². The molecular formula is C14H29Br. The quantitative estimate of drug-likeness (QED) is 0.468. The molecule has 1 heteroatoms. The smallest absolute Gasteiger partial charge is 0.00878 e. The van der Waals surface area contributed by atoms with Crippen LogP contribution in [-0.2, 0) is 0 Å². The minimum atomic E-state index is 0.564. The van der Waals surface area contributed by atoms with E-state index in [0.717, 1.165) is 5.92 Å². The minimum absolute atomic E-state index is 0.564. The Bertz CT molecular complexity index is 130. The van der Waals surface area contributed by atoms with E-state index in [0.29, 0.717) is 5.41 Å². The largest absolute Gasteiger partial charge is 0.0922 e. The van der Waals surface area contributed by atoms with Crippen LogP contribution >= 0.6 is 15.9 Å². The van der Waals surface area contributed by atoms with Crippen molar-refractivity contribution in [3.05, 3.63) is 0 Å². The fourth-order valence-electron chi connectivity index (χ4n) is 2.34. The van der Waals surface area contributed by atoms with Gasteiger partial charge in [0, 0.05) is 5.33 Å². The van der Waals surface area contributed by atoms with E-state index in [2.05, 4.69) is 43.6 Å². The van der Waals surface area contributed by atoms with Crippen LogP contribution in [0.15, 0.2) is 0 Å². The van der Waals surface area contributed by atoms with Gasteiger partial charge in [-0.2, -0.15) is 0 Å². The first-order valence-corrected chi connectivity index (χ1v) is 7.86. The predicted octanol–water partition coefficient (Wildman–Crippen LogP) is 5.79. The molecule has 0 aromatic rings. The molecule has 0 bridgehead atoms. The van der Waals surface area contributed by atoms with Crippen molar-refractivity contribution >= 4 is 15.9 Å². The van der Waals surface area contributed by atoms with Crippen molar-refractivity contribution < 1.29 is 0 Å². The molecule has 0 aromatic carbocycles. The molecule has 0 N–H and O–H groups in total. The van der Waals surface area contributed by atoms with E-state index in [1.165, 1.54) is 50.3 Å². The van der Waals surface area contributed by atoms with Crippen LogP contribution < -0.4 is 0 Å².